The minimum Gasteiger partial charge on any atom is -0.444 e. The Labute approximate surface area is 198 Å². The Morgan fingerprint density at radius 3 is 2.39 bits per heavy atom. The molecule has 0 radical (unpaired) electrons. The predicted octanol–water partition coefficient (Wildman–Crippen LogP) is 4.90. The number of aryl methyl sites for hydroxylation is 2. The van der Waals surface area contributed by atoms with Gasteiger partial charge in [-0.2, -0.15) is 0 Å². The Morgan fingerprint density at radius 2 is 1.73 bits per heavy atom. The van der Waals surface area contributed by atoms with E-state index >= 15 is 0 Å². The zero-order valence-electron chi connectivity index (χ0n) is 20.8. The molecule has 3 fully saturated rings. The number of carbonyl (C=O) groups excluding carboxylic acids is 2. The molecule has 182 valence electrons. The number of benzene rings is 1. The summed E-state index contributed by atoms with van der Waals surface area (Å²) in [5.74, 6) is 0.327. The standard InChI is InChI=1S/C27H40N2O4/c1-17-10-8-11-18(2)23(17)24(30)21-14-9-15-28(21)25(31)22-16-19-12-6-7-13-20(19)29(22)26(32)33-27(3,4)5/h8,10-11,19-22,24,30H,6-7,9,12-16H2,1-5H3. The van der Waals surface area contributed by atoms with Gasteiger partial charge in [0, 0.05) is 12.6 Å². The molecular weight excluding hydrogens is 416 g/mol. The molecule has 0 aromatic heterocycles. The Kier molecular flexibility index (Phi) is 6.77. The highest BCUT2D eigenvalue weighted by molar-refractivity contribution is 5.87. The van der Waals surface area contributed by atoms with Gasteiger partial charge in [-0.1, -0.05) is 31.0 Å². The predicted molar refractivity (Wildman–Crippen MR) is 128 cm³/mol. The van der Waals surface area contributed by atoms with Crippen molar-refractivity contribution in [1.29, 1.82) is 0 Å². The SMILES string of the molecule is Cc1cccc(C)c1C(O)C1CCCN1C(=O)C1CC2CCCCC2N1C(=O)OC(C)(C)C. The molecule has 2 saturated heterocycles. The van der Waals surface area contributed by atoms with Gasteiger partial charge < -0.3 is 14.7 Å². The van der Waals surface area contributed by atoms with Crippen molar-refractivity contribution < 1.29 is 19.4 Å². The lowest BCUT2D eigenvalue weighted by Gasteiger charge is -2.37. The van der Waals surface area contributed by atoms with E-state index in [1.807, 2.05) is 57.7 Å². The maximum atomic E-state index is 14.0. The average Bonchev–Trinajstić information content (AvgIpc) is 3.37. The molecule has 0 bridgehead atoms. The molecule has 3 aliphatic rings. The van der Waals surface area contributed by atoms with Gasteiger partial charge in [0.2, 0.25) is 5.91 Å². The highest BCUT2D eigenvalue weighted by Gasteiger charge is 2.51. The van der Waals surface area contributed by atoms with Crippen molar-refractivity contribution in [1.82, 2.24) is 9.80 Å². The van der Waals surface area contributed by atoms with Crippen LogP contribution in [0.5, 0.6) is 0 Å². The third-order valence-corrected chi connectivity index (χ3v) is 7.76. The Bertz CT molecular complexity index is 872. The zero-order valence-corrected chi connectivity index (χ0v) is 20.8. The maximum absolute atomic E-state index is 14.0. The number of likely N-dealkylation sites (tertiary alicyclic amines) is 2. The summed E-state index contributed by atoms with van der Waals surface area (Å²) in [6.07, 6.45) is 5.46. The Hall–Kier alpha value is -2.08. The third kappa shape index (κ3) is 4.77. The van der Waals surface area contributed by atoms with Crippen LogP contribution < -0.4 is 0 Å². The average molecular weight is 457 g/mol. The fourth-order valence-corrected chi connectivity index (χ4v) is 6.33. The fraction of sp³-hybridized carbons (Fsp3) is 0.704. The van der Waals surface area contributed by atoms with Gasteiger partial charge in [0.05, 0.1) is 12.1 Å². The summed E-state index contributed by atoms with van der Waals surface area (Å²) in [6.45, 7) is 10.3. The molecule has 4 rings (SSSR count). The first-order chi connectivity index (χ1) is 15.6. The minimum absolute atomic E-state index is 0.0250. The summed E-state index contributed by atoms with van der Waals surface area (Å²) in [5.41, 5.74) is 2.41. The van der Waals surface area contributed by atoms with Crippen molar-refractivity contribution in [2.45, 2.75) is 109 Å². The molecule has 2 heterocycles. The molecule has 1 aliphatic carbocycles. The number of hydrogen-bond acceptors (Lipinski definition) is 4. The van der Waals surface area contributed by atoms with E-state index in [1.165, 1.54) is 0 Å². The van der Waals surface area contributed by atoms with Gasteiger partial charge in [0.1, 0.15) is 11.6 Å². The van der Waals surface area contributed by atoms with Crippen LogP contribution in [0.2, 0.25) is 0 Å². The van der Waals surface area contributed by atoms with Gasteiger partial charge >= 0.3 is 6.09 Å². The van der Waals surface area contributed by atoms with E-state index in [1.54, 1.807) is 4.90 Å². The smallest absolute Gasteiger partial charge is 0.411 e. The molecule has 0 spiro atoms. The number of carbonyl (C=O) groups is 2. The van der Waals surface area contributed by atoms with E-state index in [0.29, 0.717) is 18.9 Å². The molecule has 1 aromatic carbocycles. The first kappa shape index (κ1) is 24.1. The molecule has 5 unspecified atom stereocenters. The largest absolute Gasteiger partial charge is 0.444 e. The van der Waals surface area contributed by atoms with Crippen molar-refractivity contribution in [3.05, 3.63) is 34.9 Å². The van der Waals surface area contributed by atoms with E-state index in [4.69, 9.17) is 4.74 Å². The summed E-state index contributed by atoms with van der Waals surface area (Å²) in [6, 6.07) is 5.33. The first-order valence-corrected chi connectivity index (χ1v) is 12.6. The summed E-state index contributed by atoms with van der Waals surface area (Å²) < 4.78 is 5.76. The van der Waals surface area contributed by atoms with Gasteiger partial charge in [0.25, 0.3) is 0 Å². The molecular formula is C27H40N2O4. The fourth-order valence-electron chi connectivity index (χ4n) is 6.33. The van der Waals surface area contributed by atoms with Crippen molar-refractivity contribution in [2.24, 2.45) is 5.92 Å². The second-order valence-corrected chi connectivity index (χ2v) is 11.2. The van der Waals surface area contributed by atoms with Crippen LogP contribution >= 0.6 is 0 Å². The summed E-state index contributed by atoms with van der Waals surface area (Å²) >= 11 is 0. The van der Waals surface area contributed by atoms with Gasteiger partial charge in [0.15, 0.2) is 0 Å². The second-order valence-electron chi connectivity index (χ2n) is 11.2. The highest BCUT2D eigenvalue weighted by atomic mass is 16.6. The molecule has 1 N–H and O–H groups in total. The van der Waals surface area contributed by atoms with Crippen molar-refractivity contribution >= 4 is 12.0 Å². The number of aliphatic hydroxyl groups excluding tert-OH is 1. The van der Waals surface area contributed by atoms with E-state index in [0.717, 1.165) is 55.2 Å². The number of amides is 2. The van der Waals surface area contributed by atoms with Crippen molar-refractivity contribution in [2.75, 3.05) is 6.54 Å². The first-order valence-electron chi connectivity index (χ1n) is 12.6. The quantitative estimate of drug-likeness (QED) is 0.703. The summed E-state index contributed by atoms with van der Waals surface area (Å²) in [5, 5.41) is 11.4. The van der Waals surface area contributed by atoms with Crippen molar-refractivity contribution in [3.63, 3.8) is 0 Å². The molecule has 2 amide bonds. The minimum atomic E-state index is -0.726. The molecule has 6 nitrogen and oxygen atoms in total. The van der Waals surface area contributed by atoms with Crippen LogP contribution in [-0.4, -0.2) is 57.2 Å². The maximum Gasteiger partial charge on any atom is 0.411 e. The number of nitrogens with zero attached hydrogens (tertiary/aromatic N) is 2. The normalized spacial score (nSPS) is 28.5. The molecule has 1 saturated carbocycles. The summed E-state index contributed by atoms with van der Waals surface area (Å²) in [4.78, 5) is 30.8. The number of rotatable bonds is 3. The lowest BCUT2D eigenvalue weighted by molar-refractivity contribution is -0.139. The molecule has 2 aliphatic heterocycles. The highest BCUT2D eigenvalue weighted by Crippen LogP contribution is 2.42. The second kappa shape index (κ2) is 9.28. The van der Waals surface area contributed by atoms with Crippen LogP contribution in [0.1, 0.15) is 88.5 Å². The van der Waals surface area contributed by atoms with Crippen LogP contribution in [0.3, 0.4) is 0 Å². The third-order valence-electron chi connectivity index (χ3n) is 7.76. The molecule has 5 atom stereocenters. The van der Waals surface area contributed by atoms with Crippen LogP contribution in [0.15, 0.2) is 18.2 Å². The van der Waals surface area contributed by atoms with Crippen LogP contribution in [0.25, 0.3) is 0 Å². The summed E-state index contributed by atoms with van der Waals surface area (Å²) in [7, 11) is 0. The Balaban J connectivity index is 1.59. The molecule has 1 aromatic rings. The van der Waals surface area contributed by atoms with Gasteiger partial charge in [-0.15, -0.1) is 0 Å². The number of aliphatic hydroxyl groups is 1. The lowest BCUT2D eigenvalue weighted by atomic mass is 9.84. The van der Waals surface area contributed by atoms with Crippen LogP contribution in [-0.2, 0) is 9.53 Å². The van der Waals surface area contributed by atoms with E-state index in [9.17, 15) is 14.7 Å². The topological polar surface area (TPSA) is 70.1 Å². The monoisotopic (exact) mass is 456 g/mol. The van der Waals surface area contributed by atoms with Gasteiger partial charge in [-0.3, -0.25) is 9.69 Å². The van der Waals surface area contributed by atoms with Crippen molar-refractivity contribution in [3.8, 4) is 0 Å². The van der Waals surface area contributed by atoms with Crippen LogP contribution in [0.4, 0.5) is 4.79 Å². The van der Waals surface area contributed by atoms with Gasteiger partial charge in [-0.25, -0.2) is 4.79 Å². The van der Waals surface area contributed by atoms with Crippen LogP contribution in [0, 0.1) is 19.8 Å². The lowest BCUT2D eigenvalue weighted by Crippen LogP contribution is -2.53. The number of fused-ring (bicyclic) bond motifs is 1. The van der Waals surface area contributed by atoms with Gasteiger partial charge in [-0.05, 0) is 89.3 Å². The number of ether oxygens (including phenoxy) is 1. The van der Waals surface area contributed by atoms with E-state index in [-0.39, 0.29) is 24.1 Å². The molecule has 6 heteroatoms. The van der Waals surface area contributed by atoms with E-state index < -0.39 is 17.7 Å². The zero-order chi connectivity index (χ0) is 23.9. The Morgan fingerprint density at radius 1 is 1.06 bits per heavy atom. The van der Waals surface area contributed by atoms with E-state index in [2.05, 4.69) is 0 Å². The number of hydrogen-bond donors (Lipinski definition) is 1. The molecule has 33 heavy (non-hydrogen) atoms.